The second-order valence-corrected chi connectivity index (χ2v) is 11.2. The Hall–Kier alpha value is -4.16. The quantitative estimate of drug-likeness (QED) is 0.411. The molecule has 2 aliphatic rings. The first-order valence-electron chi connectivity index (χ1n) is 11.9. The summed E-state index contributed by atoms with van der Waals surface area (Å²) in [7, 11) is -4.01. The van der Waals surface area contributed by atoms with Gasteiger partial charge in [0.2, 0.25) is 5.91 Å². The van der Waals surface area contributed by atoms with Crippen molar-refractivity contribution in [2.24, 2.45) is 4.99 Å². The summed E-state index contributed by atoms with van der Waals surface area (Å²) in [6, 6.07) is 18.4. The van der Waals surface area contributed by atoms with E-state index in [2.05, 4.69) is 9.71 Å². The van der Waals surface area contributed by atoms with Crippen LogP contribution in [0.2, 0.25) is 0 Å². The minimum absolute atomic E-state index is 0.296. The van der Waals surface area contributed by atoms with Gasteiger partial charge in [0.25, 0.3) is 5.91 Å². The number of thioether (sulfide) groups is 1. The fourth-order valence-corrected chi connectivity index (χ4v) is 5.93. The van der Waals surface area contributed by atoms with Crippen molar-refractivity contribution in [3.63, 3.8) is 0 Å². The molecule has 0 spiro atoms. The van der Waals surface area contributed by atoms with Crippen molar-refractivity contribution in [3.05, 3.63) is 94.1 Å². The number of amidine groups is 1. The lowest BCUT2D eigenvalue weighted by Gasteiger charge is -2.18. The third-order valence-corrected chi connectivity index (χ3v) is 7.91. The number of hydrogen-bond donors (Lipinski definition) is 2. The van der Waals surface area contributed by atoms with Crippen LogP contribution in [0.5, 0.6) is 5.75 Å². The Labute approximate surface area is 229 Å². The molecule has 0 radical (unpaired) electrons. The minimum Gasteiger partial charge on any atom is -0.489 e. The molecule has 39 heavy (non-hydrogen) atoms. The number of nitrogens with one attached hydrogen (secondary N) is 2. The lowest BCUT2D eigenvalue weighted by Crippen LogP contribution is -2.33. The lowest BCUT2D eigenvalue weighted by atomic mass is 10.1. The Bertz CT molecular complexity index is 1600. The average Bonchev–Trinajstić information content (AvgIpc) is 3.46. The molecule has 0 fully saturated rings. The van der Waals surface area contributed by atoms with Gasteiger partial charge in [0.15, 0.2) is 5.17 Å². The number of aliphatic imine (C=N–C) groups is 1. The second-order valence-electron chi connectivity index (χ2n) is 8.80. The minimum atomic E-state index is -4.01. The van der Waals surface area contributed by atoms with E-state index in [0.29, 0.717) is 41.1 Å². The third kappa shape index (κ3) is 6.47. The van der Waals surface area contributed by atoms with Crippen LogP contribution < -0.4 is 19.1 Å². The smallest absolute Gasteiger partial charge is 0.323 e. The Morgan fingerprint density at radius 2 is 1.87 bits per heavy atom. The number of amides is 2. The van der Waals surface area contributed by atoms with Crippen molar-refractivity contribution < 1.29 is 27.1 Å². The molecule has 3 aromatic rings. The Balaban J connectivity index is 1.22. The van der Waals surface area contributed by atoms with Crippen LogP contribution in [0.25, 0.3) is 6.08 Å². The first-order chi connectivity index (χ1) is 18.6. The first-order valence-corrected chi connectivity index (χ1v) is 14.2. The summed E-state index contributed by atoms with van der Waals surface area (Å²) >= 11 is 1.27. The highest BCUT2D eigenvalue weighted by molar-refractivity contribution is 8.18. The van der Waals surface area contributed by atoms with Crippen LogP contribution in [0.15, 0.2) is 76.6 Å². The molecule has 3 aromatic carbocycles. The molecule has 0 atom stereocenters. The van der Waals surface area contributed by atoms with Crippen LogP contribution in [0.4, 0.5) is 15.8 Å². The number of carbonyl (C=O) groups is 2. The summed E-state index contributed by atoms with van der Waals surface area (Å²) in [5.74, 6) is -0.669. The molecule has 200 valence electrons. The maximum absolute atomic E-state index is 13.0. The molecule has 12 heteroatoms. The number of ether oxygens (including phenoxy) is 1. The van der Waals surface area contributed by atoms with E-state index in [1.54, 1.807) is 48.5 Å². The maximum Gasteiger partial charge on any atom is 0.323 e. The highest BCUT2D eigenvalue weighted by Gasteiger charge is 2.31. The summed E-state index contributed by atoms with van der Waals surface area (Å²) in [5.41, 5.74) is 3.72. The molecule has 2 N–H and O–H groups in total. The van der Waals surface area contributed by atoms with Gasteiger partial charge in [0, 0.05) is 19.2 Å². The van der Waals surface area contributed by atoms with E-state index < -0.39 is 16.1 Å². The first kappa shape index (κ1) is 26.4. The molecule has 0 saturated carbocycles. The molecule has 9 nitrogen and oxygen atoms in total. The highest BCUT2D eigenvalue weighted by atomic mass is 32.2. The van der Waals surface area contributed by atoms with Crippen LogP contribution in [0, 0.1) is 5.82 Å². The molecular weight excluding hydrogens is 543 g/mol. The van der Waals surface area contributed by atoms with Crippen molar-refractivity contribution in [1.29, 1.82) is 0 Å². The second kappa shape index (κ2) is 10.9. The van der Waals surface area contributed by atoms with Crippen molar-refractivity contribution in [2.75, 3.05) is 16.2 Å². The van der Waals surface area contributed by atoms with Crippen LogP contribution >= 0.6 is 11.8 Å². The van der Waals surface area contributed by atoms with Crippen LogP contribution in [0.1, 0.15) is 23.6 Å². The van der Waals surface area contributed by atoms with Gasteiger partial charge in [0.1, 0.15) is 18.2 Å². The topological polar surface area (TPSA) is 117 Å². The van der Waals surface area contributed by atoms with E-state index in [4.69, 9.17) is 4.74 Å². The van der Waals surface area contributed by atoms with Crippen LogP contribution in [0.3, 0.4) is 0 Å². The van der Waals surface area contributed by atoms with E-state index in [1.807, 2.05) is 21.8 Å². The number of fused-ring (bicyclic) bond motifs is 1. The van der Waals surface area contributed by atoms with E-state index in [0.717, 1.165) is 29.3 Å². The van der Waals surface area contributed by atoms with Crippen LogP contribution in [-0.2, 0) is 32.8 Å². The van der Waals surface area contributed by atoms with Crippen molar-refractivity contribution in [1.82, 2.24) is 4.72 Å². The van der Waals surface area contributed by atoms with Gasteiger partial charge in [-0.15, -0.1) is 0 Å². The normalized spacial score (nSPS) is 15.7. The average molecular weight is 567 g/mol. The van der Waals surface area contributed by atoms with E-state index in [9.17, 15) is 22.4 Å². The molecule has 2 amide bonds. The van der Waals surface area contributed by atoms with Gasteiger partial charge in [-0.2, -0.15) is 13.4 Å². The lowest BCUT2D eigenvalue weighted by molar-refractivity contribution is -0.117. The standard InChI is InChI=1S/C27H23FN4O5S2/c1-17(33)30-39(35,36)31-22-8-11-24-20(15-22)12-13-32(24)27-29-26(34)25(38-27)14-18-4-9-23(10-5-18)37-16-19-2-6-21(28)7-3-19/h2-11,14-15,31H,12-13,16H2,1H3,(H,30,33). The molecule has 2 aliphatic heterocycles. The number of anilines is 2. The summed E-state index contributed by atoms with van der Waals surface area (Å²) in [6.07, 6.45) is 2.40. The number of halogens is 1. The zero-order valence-corrected chi connectivity index (χ0v) is 22.3. The third-order valence-electron chi connectivity index (χ3n) is 5.84. The number of nitrogens with zero attached hydrogens (tertiary/aromatic N) is 2. The molecule has 0 unspecified atom stereocenters. The predicted octanol–water partition coefficient (Wildman–Crippen LogP) is 4.23. The van der Waals surface area contributed by atoms with Gasteiger partial charge in [-0.25, -0.2) is 9.11 Å². The molecular formula is C27H23FN4O5S2. The maximum atomic E-state index is 13.0. The largest absolute Gasteiger partial charge is 0.489 e. The highest BCUT2D eigenvalue weighted by Crippen LogP contribution is 2.37. The van der Waals surface area contributed by atoms with E-state index in [-0.39, 0.29) is 11.7 Å². The number of hydrogen-bond acceptors (Lipinski definition) is 7. The molecule has 0 aromatic heterocycles. The van der Waals surface area contributed by atoms with Gasteiger partial charge in [0.05, 0.1) is 10.6 Å². The summed E-state index contributed by atoms with van der Waals surface area (Å²) in [4.78, 5) is 30.4. The number of rotatable bonds is 7. The van der Waals surface area contributed by atoms with Gasteiger partial charge >= 0.3 is 10.2 Å². The summed E-state index contributed by atoms with van der Waals surface area (Å²) in [6.45, 7) is 2.02. The van der Waals surface area contributed by atoms with Crippen molar-refractivity contribution in [3.8, 4) is 5.75 Å². The van der Waals surface area contributed by atoms with Crippen LogP contribution in [-0.4, -0.2) is 31.9 Å². The monoisotopic (exact) mass is 566 g/mol. The van der Waals surface area contributed by atoms with Gasteiger partial charge in [-0.1, -0.05) is 24.3 Å². The molecule has 0 bridgehead atoms. The SMILES string of the molecule is CC(=O)NS(=O)(=O)Nc1ccc2c(c1)CCN2C1=NC(=O)C(=Cc2ccc(OCc3ccc(F)cc3)cc2)S1. The van der Waals surface area contributed by atoms with Gasteiger partial charge in [-0.3, -0.25) is 14.3 Å². The number of benzene rings is 3. The molecule has 5 rings (SSSR count). The zero-order valence-electron chi connectivity index (χ0n) is 20.7. The summed E-state index contributed by atoms with van der Waals surface area (Å²) in [5, 5.41) is 0.552. The molecule has 2 heterocycles. The Morgan fingerprint density at radius 1 is 1.13 bits per heavy atom. The van der Waals surface area contributed by atoms with E-state index >= 15 is 0 Å². The van der Waals surface area contributed by atoms with Crippen molar-refractivity contribution in [2.45, 2.75) is 20.0 Å². The van der Waals surface area contributed by atoms with Gasteiger partial charge < -0.3 is 9.64 Å². The van der Waals surface area contributed by atoms with E-state index in [1.165, 1.54) is 23.9 Å². The zero-order chi connectivity index (χ0) is 27.6. The Morgan fingerprint density at radius 3 is 2.59 bits per heavy atom. The summed E-state index contributed by atoms with van der Waals surface area (Å²) < 4.78 is 47.0. The number of carbonyl (C=O) groups excluding carboxylic acids is 2. The van der Waals surface area contributed by atoms with Crippen molar-refractivity contribution >= 4 is 56.4 Å². The molecule has 0 saturated heterocycles. The van der Waals surface area contributed by atoms with Gasteiger partial charge in [-0.05, 0) is 83.4 Å². The predicted molar refractivity (Wildman–Crippen MR) is 149 cm³/mol. The Kier molecular flexibility index (Phi) is 7.40. The fraction of sp³-hybridized carbons (Fsp3) is 0.148. The fourth-order valence-electron chi connectivity index (χ4n) is 4.11. The molecule has 0 aliphatic carbocycles.